The highest BCUT2D eigenvalue weighted by Crippen LogP contribution is 2.20. The van der Waals surface area contributed by atoms with E-state index in [2.05, 4.69) is 25.8 Å². The first-order chi connectivity index (χ1) is 9.36. The molecule has 0 N–H and O–H groups in total. The molecule has 20 heavy (non-hydrogen) atoms. The first-order valence-corrected chi connectivity index (χ1v) is 7.49. The standard InChI is InChI=1S/C14H20BrN3O2/c1-14(2,3)13(19)20-18-8-6-17(7-9-18)12-10-11(15)4-5-16-12/h4-5,10H,6-9H2,1-3H3. The normalized spacial score (nSPS) is 17.1. The molecule has 0 atom stereocenters. The van der Waals surface area contributed by atoms with Gasteiger partial charge in [-0.2, -0.15) is 0 Å². The van der Waals surface area contributed by atoms with Crippen molar-refractivity contribution < 1.29 is 9.63 Å². The lowest BCUT2D eigenvalue weighted by Crippen LogP contribution is -2.48. The second-order valence-electron chi connectivity index (χ2n) is 5.88. The zero-order valence-electron chi connectivity index (χ0n) is 12.1. The molecule has 0 radical (unpaired) electrons. The van der Waals surface area contributed by atoms with Crippen LogP contribution in [0.25, 0.3) is 0 Å². The van der Waals surface area contributed by atoms with Crippen molar-refractivity contribution in [3.63, 3.8) is 0 Å². The summed E-state index contributed by atoms with van der Waals surface area (Å²) in [6.07, 6.45) is 1.78. The number of carbonyl (C=O) groups is 1. The third-order valence-electron chi connectivity index (χ3n) is 3.09. The number of rotatable bonds is 2. The van der Waals surface area contributed by atoms with Gasteiger partial charge in [0, 0.05) is 23.8 Å². The summed E-state index contributed by atoms with van der Waals surface area (Å²) in [5.74, 6) is 0.757. The van der Waals surface area contributed by atoms with Crippen LogP contribution in [0.2, 0.25) is 0 Å². The molecule has 0 amide bonds. The van der Waals surface area contributed by atoms with Crippen LogP contribution in [-0.2, 0) is 9.63 Å². The number of carbonyl (C=O) groups excluding carboxylic acids is 1. The summed E-state index contributed by atoms with van der Waals surface area (Å²) < 4.78 is 1.02. The van der Waals surface area contributed by atoms with Crippen LogP contribution in [0.5, 0.6) is 0 Å². The molecule has 1 aliphatic rings. The molecule has 0 aliphatic carbocycles. The van der Waals surface area contributed by atoms with Gasteiger partial charge in [0.25, 0.3) is 0 Å². The molecular weight excluding hydrogens is 322 g/mol. The number of hydroxylamine groups is 2. The SMILES string of the molecule is CC(C)(C)C(=O)ON1CCN(c2cc(Br)ccn2)CC1. The van der Waals surface area contributed by atoms with Crippen LogP contribution in [0.1, 0.15) is 20.8 Å². The van der Waals surface area contributed by atoms with E-state index in [0.29, 0.717) is 13.1 Å². The Morgan fingerprint density at radius 1 is 1.30 bits per heavy atom. The summed E-state index contributed by atoms with van der Waals surface area (Å²) in [6, 6.07) is 3.90. The van der Waals surface area contributed by atoms with Crippen LogP contribution < -0.4 is 4.90 Å². The molecule has 6 heteroatoms. The van der Waals surface area contributed by atoms with E-state index in [0.717, 1.165) is 23.4 Å². The van der Waals surface area contributed by atoms with E-state index in [1.54, 1.807) is 11.3 Å². The molecule has 2 rings (SSSR count). The van der Waals surface area contributed by atoms with Gasteiger partial charge in [-0.15, -0.1) is 5.06 Å². The monoisotopic (exact) mass is 341 g/mol. The Hall–Kier alpha value is -1.14. The van der Waals surface area contributed by atoms with Gasteiger partial charge >= 0.3 is 5.97 Å². The Morgan fingerprint density at radius 2 is 1.95 bits per heavy atom. The molecular formula is C14H20BrN3O2. The third kappa shape index (κ3) is 3.93. The molecule has 0 bridgehead atoms. The number of piperazine rings is 1. The molecule has 0 unspecified atom stereocenters. The fraction of sp³-hybridized carbons (Fsp3) is 0.571. The number of pyridine rings is 1. The first kappa shape index (κ1) is 15.3. The van der Waals surface area contributed by atoms with Crippen molar-refractivity contribution in [2.24, 2.45) is 5.41 Å². The van der Waals surface area contributed by atoms with Crippen LogP contribution in [0.15, 0.2) is 22.8 Å². The minimum atomic E-state index is -0.469. The van der Waals surface area contributed by atoms with E-state index < -0.39 is 5.41 Å². The van der Waals surface area contributed by atoms with Crippen molar-refractivity contribution >= 4 is 27.7 Å². The highest BCUT2D eigenvalue weighted by molar-refractivity contribution is 9.10. The molecule has 5 nitrogen and oxygen atoms in total. The molecule has 1 aliphatic heterocycles. The van der Waals surface area contributed by atoms with Crippen molar-refractivity contribution in [1.29, 1.82) is 0 Å². The molecule has 110 valence electrons. The van der Waals surface area contributed by atoms with Gasteiger partial charge in [-0.1, -0.05) is 15.9 Å². The minimum absolute atomic E-state index is 0.188. The van der Waals surface area contributed by atoms with Crippen molar-refractivity contribution in [3.8, 4) is 0 Å². The second kappa shape index (κ2) is 6.10. The molecule has 1 saturated heterocycles. The van der Waals surface area contributed by atoms with Gasteiger partial charge in [-0.25, -0.2) is 9.78 Å². The summed E-state index contributed by atoms with van der Waals surface area (Å²) in [4.78, 5) is 23.8. The van der Waals surface area contributed by atoms with Crippen molar-refractivity contribution in [2.45, 2.75) is 20.8 Å². The van der Waals surface area contributed by atoms with Crippen LogP contribution in [0.4, 0.5) is 5.82 Å². The fourth-order valence-electron chi connectivity index (χ4n) is 1.83. The zero-order valence-corrected chi connectivity index (χ0v) is 13.7. The molecule has 2 heterocycles. The van der Waals surface area contributed by atoms with Gasteiger partial charge < -0.3 is 9.74 Å². The van der Waals surface area contributed by atoms with Crippen LogP contribution in [0, 0.1) is 5.41 Å². The van der Waals surface area contributed by atoms with E-state index >= 15 is 0 Å². The lowest BCUT2D eigenvalue weighted by molar-refractivity contribution is -0.201. The number of hydrogen-bond acceptors (Lipinski definition) is 5. The van der Waals surface area contributed by atoms with Crippen molar-refractivity contribution in [3.05, 3.63) is 22.8 Å². The highest BCUT2D eigenvalue weighted by Gasteiger charge is 2.28. The Labute approximate surface area is 128 Å². The topological polar surface area (TPSA) is 45.7 Å². The largest absolute Gasteiger partial charge is 0.367 e. The van der Waals surface area contributed by atoms with E-state index in [4.69, 9.17) is 4.84 Å². The van der Waals surface area contributed by atoms with E-state index in [1.807, 2.05) is 32.9 Å². The van der Waals surface area contributed by atoms with Gasteiger partial charge in [-0.3, -0.25) is 0 Å². The second-order valence-corrected chi connectivity index (χ2v) is 6.79. The minimum Gasteiger partial charge on any atom is -0.367 e. The fourth-order valence-corrected chi connectivity index (χ4v) is 2.15. The number of aromatic nitrogens is 1. The average molecular weight is 342 g/mol. The zero-order chi connectivity index (χ0) is 14.8. The third-order valence-corrected chi connectivity index (χ3v) is 3.59. The number of halogens is 1. The summed E-state index contributed by atoms with van der Waals surface area (Å²) in [5.41, 5.74) is -0.469. The maximum absolute atomic E-state index is 11.8. The molecule has 1 aromatic rings. The van der Waals surface area contributed by atoms with Gasteiger partial charge in [0.15, 0.2) is 0 Å². The van der Waals surface area contributed by atoms with Gasteiger partial charge in [-0.05, 0) is 32.9 Å². The molecule has 1 aromatic heterocycles. The summed E-state index contributed by atoms with van der Waals surface area (Å²) >= 11 is 3.45. The Balaban J connectivity index is 1.88. The summed E-state index contributed by atoms with van der Waals surface area (Å²) in [5, 5.41) is 1.74. The van der Waals surface area contributed by atoms with Crippen molar-refractivity contribution in [2.75, 3.05) is 31.1 Å². The number of nitrogens with zero attached hydrogens (tertiary/aromatic N) is 3. The van der Waals surface area contributed by atoms with Crippen LogP contribution in [0.3, 0.4) is 0 Å². The predicted octanol–water partition coefficient (Wildman–Crippen LogP) is 2.47. The Bertz CT molecular complexity index is 480. The lowest BCUT2D eigenvalue weighted by Gasteiger charge is -2.35. The predicted molar refractivity (Wildman–Crippen MR) is 81.3 cm³/mol. The van der Waals surface area contributed by atoms with Gasteiger partial charge in [0.05, 0.1) is 18.5 Å². The molecule has 1 fully saturated rings. The summed E-state index contributed by atoms with van der Waals surface area (Å²) in [7, 11) is 0. The van der Waals surface area contributed by atoms with E-state index in [9.17, 15) is 4.79 Å². The lowest BCUT2D eigenvalue weighted by atomic mass is 9.98. The number of hydrogen-bond donors (Lipinski definition) is 0. The summed E-state index contributed by atoms with van der Waals surface area (Å²) in [6.45, 7) is 8.54. The molecule has 0 aromatic carbocycles. The van der Waals surface area contributed by atoms with Crippen LogP contribution in [-0.4, -0.2) is 42.2 Å². The van der Waals surface area contributed by atoms with E-state index in [1.165, 1.54) is 0 Å². The first-order valence-electron chi connectivity index (χ1n) is 6.70. The molecule has 0 spiro atoms. The van der Waals surface area contributed by atoms with Crippen molar-refractivity contribution in [1.82, 2.24) is 10.0 Å². The molecule has 0 saturated carbocycles. The Kier molecular flexibility index (Phi) is 4.65. The number of anilines is 1. The maximum atomic E-state index is 11.8. The van der Waals surface area contributed by atoms with Gasteiger partial charge in [0.1, 0.15) is 5.82 Å². The maximum Gasteiger partial charge on any atom is 0.330 e. The quantitative estimate of drug-likeness (QED) is 0.826. The van der Waals surface area contributed by atoms with Crippen LogP contribution >= 0.6 is 15.9 Å². The average Bonchev–Trinajstić information content (AvgIpc) is 2.38. The smallest absolute Gasteiger partial charge is 0.330 e. The Morgan fingerprint density at radius 3 is 2.50 bits per heavy atom. The highest BCUT2D eigenvalue weighted by atomic mass is 79.9. The van der Waals surface area contributed by atoms with E-state index in [-0.39, 0.29) is 5.97 Å². The van der Waals surface area contributed by atoms with Gasteiger partial charge in [0.2, 0.25) is 0 Å².